The summed E-state index contributed by atoms with van der Waals surface area (Å²) in [4.78, 5) is 56.0. The second-order valence-corrected chi connectivity index (χ2v) is 6.86. The van der Waals surface area contributed by atoms with Gasteiger partial charge in [-0.3, -0.25) is 0 Å². The van der Waals surface area contributed by atoms with E-state index in [-0.39, 0.29) is 0 Å². The van der Waals surface area contributed by atoms with Crippen molar-refractivity contribution in [3.8, 4) is 0 Å². The van der Waals surface area contributed by atoms with Crippen molar-refractivity contribution in [1.29, 1.82) is 0 Å². The fourth-order valence-corrected chi connectivity index (χ4v) is 4.76. The van der Waals surface area contributed by atoms with Gasteiger partial charge < -0.3 is 0 Å². The molecule has 3 heterocycles. The molecule has 19 heavy (non-hydrogen) atoms. The van der Waals surface area contributed by atoms with Crippen LogP contribution in [0.1, 0.15) is 0 Å². The number of carbonyl (C=O) groups is 5. The van der Waals surface area contributed by atoms with Gasteiger partial charge in [0.15, 0.2) is 0 Å². The van der Waals surface area contributed by atoms with E-state index in [1.165, 1.54) is 0 Å². The van der Waals surface area contributed by atoms with Gasteiger partial charge >= 0.3 is 101 Å². The Morgan fingerprint density at radius 2 is 0.895 bits per heavy atom. The second kappa shape index (κ2) is 2.38. The SMILES string of the molecule is C=C1O[P-]23(OC1=O)(OC(=O)C(=O)O2)OC(=O)C(=O)O3. The third-order valence-electron chi connectivity index (χ3n) is 2.20. The summed E-state index contributed by atoms with van der Waals surface area (Å²) in [5.74, 6) is -9.19. The molecule has 0 amide bonds. The summed E-state index contributed by atoms with van der Waals surface area (Å²) >= 11 is 0. The fourth-order valence-electron chi connectivity index (χ4n) is 1.59. The normalized spacial score (nSPS) is 32.2. The molecule has 3 aliphatic heterocycles. The number of rotatable bonds is 0. The summed E-state index contributed by atoms with van der Waals surface area (Å²) in [5.41, 5.74) is 0. The second-order valence-electron chi connectivity index (χ2n) is 3.53. The van der Waals surface area contributed by atoms with E-state index in [9.17, 15) is 24.0 Å². The number of hydrogen-bond donors (Lipinski definition) is 0. The summed E-state index contributed by atoms with van der Waals surface area (Å²) < 4.78 is 26.5. The van der Waals surface area contributed by atoms with Gasteiger partial charge in [-0.25, -0.2) is 0 Å². The van der Waals surface area contributed by atoms with E-state index in [0.717, 1.165) is 0 Å². The van der Waals surface area contributed by atoms with Crippen molar-refractivity contribution in [2.24, 2.45) is 0 Å². The summed E-state index contributed by atoms with van der Waals surface area (Å²) in [7, 11) is -6.83. The van der Waals surface area contributed by atoms with Crippen molar-refractivity contribution in [2.75, 3.05) is 0 Å². The molecule has 0 aromatic carbocycles. The average Bonchev–Trinajstić information content (AvgIpc) is 2.69. The van der Waals surface area contributed by atoms with E-state index >= 15 is 0 Å². The molecule has 0 bridgehead atoms. The molecule has 0 aromatic heterocycles. The molecule has 102 valence electrons. The van der Waals surface area contributed by atoms with Crippen LogP contribution in [0.2, 0.25) is 0 Å². The minimum absolute atomic E-state index is 0.847. The zero-order valence-corrected chi connectivity index (χ0v) is 9.54. The molecule has 3 rings (SSSR count). The van der Waals surface area contributed by atoms with Gasteiger partial charge in [0.05, 0.1) is 0 Å². The van der Waals surface area contributed by atoms with Crippen molar-refractivity contribution in [3.05, 3.63) is 12.3 Å². The predicted molar refractivity (Wildman–Crippen MR) is 47.6 cm³/mol. The molecular formula is C7H2O11P-. The fraction of sp³-hybridized carbons (Fsp3) is 0. The van der Waals surface area contributed by atoms with E-state index in [1.54, 1.807) is 0 Å². The quantitative estimate of drug-likeness (QED) is 0.303. The Hall–Kier alpha value is -2.68. The van der Waals surface area contributed by atoms with Crippen LogP contribution in [-0.4, -0.2) is 29.8 Å². The van der Waals surface area contributed by atoms with Gasteiger partial charge in [0, 0.05) is 0 Å². The molecule has 0 aromatic rings. The first kappa shape index (κ1) is 11.4. The van der Waals surface area contributed by atoms with Gasteiger partial charge in [0.25, 0.3) is 0 Å². The third kappa shape index (κ3) is 1.03. The van der Waals surface area contributed by atoms with Crippen LogP contribution >= 0.6 is 7.31 Å². The van der Waals surface area contributed by atoms with Crippen LogP contribution in [0.4, 0.5) is 0 Å². The molecular weight excluding hydrogens is 291 g/mol. The van der Waals surface area contributed by atoms with Gasteiger partial charge in [-0.1, -0.05) is 0 Å². The third-order valence-corrected chi connectivity index (χ3v) is 5.49. The molecule has 0 unspecified atom stereocenters. The summed E-state index contributed by atoms with van der Waals surface area (Å²) in [6.07, 6.45) is 0. The average molecular weight is 293 g/mol. The molecule has 3 aliphatic rings. The van der Waals surface area contributed by atoms with Crippen LogP contribution in [0.3, 0.4) is 0 Å². The van der Waals surface area contributed by atoms with E-state index in [0.29, 0.717) is 0 Å². The molecule has 0 aliphatic carbocycles. The standard InChI is InChI=1S/C7H2O11P/c1-2-3(8)14-19(13-2,15-4(9)5(10)16-19)17-6(11)7(12)18-19/h1H2/q-1. The van der Waals surface area contributed by atoms with Gasteiger partial charge in [-0.15, -0.1) is 0 Å². The van der Waals surface area contributed by atoms with E-state index in [1.807, 2.05) is 0 Å². The molecule has 0 atom stereocenters. The molecule has 0 saturated carbocycles. The monoisotopic (exact) mass is 293 g/mol. The van der Waals surface area contributed by atoms with Gasteiger partial charge in [0.2, 0.25) is 0 Å². The van der Waals surface area contributed by atoms with Crippen LogP contribution in [0.5, 0.6) is 0 Å². The Balaban J connectivity index is 2.31. The van der Waals surface area contributed by atoms with Crippen molar-refractivity contribution in [2.45, 2.75) is 0 Å². The van der Waals surface area contributed by atoms with Crippen LogP contribution in [0, 0.1) is 0 Å². The molecule has 3 fully saturated rings. The summed E-state index contributed by atoms with van der Waals surface area (Å²) in [5, 5.41) is 0. The topological polar surface area (TPSA) is 141 Å². The number of carbonyl (C=O) groups excluding carboxylic acids is 5. The number of hydrogen-bond acceptors (Lipinski definition) is 11. The zero-order chi connectivity index (χ0) is 14.1. The first-order chi connectivity index (χ1) is 8.65. The van der Waals surface area contributed by atoms with E-state index in [4.69, 9.17) is 0 Å². The first-order valence-electron chi connectivity index (χ1n) is 4.44. The Morgan fingerprint density at radius 1 is 0.579 bits per heavy atom. The maximum absolute atomic E-state index is 11.3. The van der Waals surface area contributed by atoms with Crippen molar-refractivity contribution >= 4 is 37.2 Å². The van der Waals surface area contributed by atoms with Crippen molar-refractivity contribution in [3.63, 3.8) is 0 Å². The maximum atomic E-state index is 11.3. The van der Waals surface area contributed by atoms with Gasteiger partial charge in [-0.05, 0) is 0 Å². The molecule has 11 nitrogen and oxygen atoms in total. The Labute approximate surface area is 101 Å². The minimum atomic E-state index is -6.83. The van der Waals surface area contributed by atoms with E-state index < -0.39 is 42.9 Å². The molecule has 0 N–H and O–H groups in total. The zero-order valence-electron chi connectivity index (χ0n) is 8.65. The summed E-state index contributed by atoms with van der Waals surface area (Å²) in [6.45, 7) is 3.04. The Morgan fingerprint density at radius 3 is 1.16 bits per heavy atom. The van der Waals surface area contributed by atoms with Crippen LogP contribution < -0.4 is 0 Å². The van der Waals surface area contributed by atoms with Gasteiger partial charge in [-0.2, -0.15) is 0 Å². The molecule has 12 heteroatoms. The van der Waals surface area contributed by atoms with Crippen LogP contribution in [0.25, 0.3) is 0 Å². The van der Waals surface area contributed by atoms with E-state index in [2.05, 4.69) is 33.7 Å². The predicted octanol–water partition coefficient (Wildman–Crippen LogP) is -1.15. The summed E-state index contributed by atoms with van der Waals surface area (Å²) in [6, 6.07) is 0. The van der Waals surface area contributed by atoms with Crippen LogP contribution in [0.15, 0.2) is 12.3 Å². The Bertz CT molecular complexity index is 497. The van der Waals surface area contributed by atoms with Crippen molar-refractivity contribution < 1.29 is 51.1 Å². The van der Waals surface area contributed by atoms with Gasteiger partial charge in [0.1, 0.15) is 0 Å². The van der Waals surface area contributed by atoms with Crippen LogP contribution in [-0.2, 0) is 51.1 Å². The molecule has 0 radical (unpaired) electrons. The van der Waals surface area contributed by atoms with Crippen molar-refractivity contribution in [1.82, 2.24) is 0 Å². The molecule has 1 spiro atoms. The molecule has 3 saturated heterocycles. The first-order valence-corrected chi connectivity index (χ1v) is 6.64. The Kier molecular flexibility index (Phi) is 1.43.